The minimum atomic E-state index is 0.719. The summed E-state index contributed by atoms with van der Waals surface area (Å²) >= 11 is 3.51. The normalized spacial score (nSPS) is 10.6. The fraction of sp³-hybridized carbons (Fsp3) is 0.118. The summed E-state index contributed by atoms with van der Waals surface area (Å²) in [6.07, 6.45) is 0. The summed E-state index contributed by atoms with van der Waals surface area (Å²) in [6.45, 7) is 3.77. The van der Waals surface area contributed by atoms with Crippen LogP contribution in [0, 0.1) is 13.8 Å². The number of halogens is 1. The van der Waals surface area contributed by atoms with Gasteiger partial charge in [-0.25, -0.2) is 15.0 Å². The van der Waals surface area contributed by atoms with Gasteiger partial charge in [-0.15, -0.1) is 0 Å². The van der Waals surface area contributed by atoms with Crippen LogP contribution in [0.1, 0.15) is 11.6 Å². The van der Waals surface area contributed by atoms with E-state index >= 15 is 0 Å². The molecule has 0 radical (unpaired) electrons. The molecule has 2 aromatic carbocycles. The molecule has 3 nitrogen and oxygen atoms in total. The standard InChI is InChI=1S/C17H14BrN3/c1-11-19-12(2)21-17(20-11)15-7-3-5-13(9-15)14-6-4-8-16(18)10-14/h3-10H,1-2H3. The maximum Gasteiger partial charge on any atom is 0.163 e. The predicted molar refractivity (Wildman–Crippen MR) is 87.9 cm³/mol. The first kappa shape index (κ1) is 13.9. The van der Waals surface area contributed by atoms with Crippen molar-refractivity contribution in [1.82, 2.24) is 15.0 Å². The van der Waals surface area contributed by atoms with Crippen LogP contribution in [0.15, 0.2) is 53.0 Å². The van der Waals surface area contributed by atoms with Crippen molar-refractivity contribution in [2.45, 2.75) is 13.8 Å². The third kappa shape index (κ3) is 3.16. The number of benzene rings is 2. The van der Waals surface area contributed by atoms with E-state index in [0.29, 0.717) is 0 Å². The molecule has 0 spiro atoms. The lowest BCUT2D eigenvalue weighted by molar-refractivity contribution is 0.928. The molecule has 0 aliphatic rings. The first-order valence-electron chi connectivity index (χ1n) is 6.67. The zero-order chi connectivity index (χ0) is 14.8. The molecule has 0 fully saturated rings. The summed E-state index contributed by atoms with van der Waals surface area (Å²) in [6, 6.07) is 16.5. The molecule has 4 heteroatoms. The molecular formula is C17H14BrN3. The molecule has 0 bridgehead atoms. The van der Waals surface area contributed by atoms with E-state index in [9.17, 15) is 0 Å². The fourth-order valence-corrected chi connectivity index (χ4v) is 2.65. The van der Waals surface area contributed by atoms with Crippen molar-refractivity contribution in [1.29, 1.82) is 0 Å². The first-order chi connectivity index (χ1) is 10.1. The van der Waals surface area contributed by atoms with Crippen molar-refractivity contribution < 1.29 is 0 Å². The van der Waals surface area contributed by atoms with Gasteiger partial charge in [0.1, 0.15) is 11.6 Å². The van der Waals surface area contributed by atoms with Crippen molar-refractivity contribution in [3.05, 3.63) is 64.7 Å². The highest BCUT2D eigenvalue weighted by Gasteiger charge is 2.06. The molecule has 0 unspecified atom stereocenters. The van der Waals surface area contributed by atoms with Gasteiger partial charge in [-0.3, -0.25) is 0 Å². The molecule has 0 saturated heterocycles. The second-order valence-electron chi connectivity index (χ2n) is 4.84. The van der Waals surface area contributed by atoms with Gasteiger partial charge >= 0.3 is 0 Å². The summed E-state index contributed by atoms with van der Waals surface area (Å²) in [5.41, 5.74) is 3.30. The van der Waals surface area contributed by atoms with Gasteiger partial charge in [-0.2, -0.15) is 0 Å². The number of aromatic nitrogens is 3. The number of rotatable bonds is 2. The Morgan fingerprint density at radius 3 is 1.95 bits per heavy atom. The second kappa shape index (κ2) is 5.74. The summed E-state index contributed by atoms with van der Waals surface area (Å²) in [5.74, 6) is 2.20. The molecular weight excluding hydrogens is 326 g/mol. The van der Waals surface area contributed by atoms with Crippen LogP contribution in [0.4, 0.5) is 0 Å². The Labute approximate surface area is 132 Å². The SMILES string of the molecule is Cc1nc(C)nc(-c2cccc(-c3cccc(Br)c3)c2)n1. The largest absolute Gasteiger partial charge is 0.219 e. The van der Waals surface area contributed by atoms with Crippen LogP contribution >= 0.6 is 15.9 Å². The fourth-order valence-electron chi connectivity index (χ4n) is 2.25. The van der Waals surface area contributed by atoms with Gasteiger partial charge in [0.25, 0.3) is 0 Å². The van der Waals surface area contributed by atoms with Crippen molar-refractivity contribution in [2.75, 3.05) is 0 Å². The zero-order valence-electron chi connectivity index (χ0n) is 11.8. The average Bonchev–Trinajstić information content (AvgIpc) is 2.46. The highest BCUT2D eigenvalue weighted by Crippen LogP contribution is 2.26. The van der Waals surface area contributed by atoms with E-state index in [4.69, 9.17) is 0 Å². The minimum Gasteiger partial charge on any atom is -0.219 e. The summed E-state index contributed by atoms with van der Waals surface area (Å²) in [7, 11) is 0. The maximum absolute atomic E-state index is 4.43. The zero-order valence-corrected chi connectivity index (χ0v) is 13.4. The molecule has 21 heavy (non-hydrogen) atoms. The summed E-state index contributed by atoms with van der Waals surface area (Å²) < 4.78 is 1.07. The predicted octanol–water partition coefficient (Wildman–Crippen LogP) is 4.58. The lowest BCUT2D eigenvalue weighted by atomic mass is 10.0. The third-order valence-electron chi connectivity index (χ3n) is 3.14. The van der Waals surface area contributed by atoms with Crippen molar-refractivity contribution in [3.63, 3.8) is 0 Å². The molecule has 0 aliphatic carbocycles. The van der Waals surface area contributed by atoms with E-state index in [-0.39, 0.29) is 0 Å². The quantitative estimate of drug-likeness (QED) is 0.685. The Morgan fingerprint density at radius 2 is 1.29 bits per heavy atom. The van der Waals surface area contributed by atoms with Crippen LogP contribution in [-0.4, -0.2) is 15.0 Å². The van der Waals surface area contributed by atoms with Gasteiger partial charge in [0.15, 0.2) is 5.82 Å². The van der Waals surface area contributed by atoms with E-state index in [1.165, 1.54) is 0 Å². The van der Waals surface area contributed by atoms with E-state index in [2.05, 4.69) is 55.1 Å². The lowest BCUT2D eigenvalue weighted by Crippen LogP contribution is -1.98. The highest BCUT2D eigenvalue weighted by molar-refractivity contribution is 9.10. The topological polar surface area (TPSA) is 38.7 Å². The minimum absolute atomic E-state index is 0.719. The van der Waals surface area contributed by atoms with Crippen LogP contribution < -0.4 is 0 Å². The average molecular weight is 340 g/mol. The van der Waals surface area contributed by atoms with Crippen molar-refractivity contribution in [2.24, 2.45) is 0 Å². The molecule has 0 saturated carbocycles. The Balaban J connectivity index is 2.08. The van der Waals surface area contributed by atoms with Gasteiger partial charge in [-0.1, -0.05) is 46.3 Å². The van der Waals surface area contributed by atoms with Crippen LogP contribution in [0.2, 0.25) is 0 Å². The Morgan fingerprint density at radius 1 is 0.714 bits per heavy atom. The number of aryl methyl sites for hydroxylation is 2. The van der Waals surface area contributed by atoms with Crippen LogP contribution in [0.25, 0.3) is 22.5 Å². The van der Waals surface area contributed by atoms with E-state index in [1.54, 1.807) is 0 Å². The van der Waals surface area contributed by atoms with Gasteiger partial charge < -0.3 is 0 Å². The molecule has 104 valence electrons. The van der Waals surface area contributed by atoms with Gasteiger partial charge in [0.2, 0.25) is 0 Å². The second-order valence-corrected chi connectivity index (χ2v) is 5.76. The molecule has 3 aromatic rings. The molecule has 1 aromatic heterocycles. The van der Waals surface area contributed by atoms with Crippen LogP contribution in [0.3, 0.4) is 0 Å². The van der Waals surface area contributed by atoms with E-state index < -0.39 is 0 Å². The van der Waals surface area contributed by atoms with Crippen LogP contribution in [-0.2, 0) is 0 Å². The maximum atomic E-state index is 4.43. The van der Waals surface area contributed by atoms with Gasteiger partial charge in [0.05, 0.1) is 0 Å². The van der Waals surface area contributed by atoms with Crippen molar-refractivity contribution in [3.8, 4) is 22.5 Å². The lowest BCUT2D eigenvalue weighted by Gasteiger charge is -2.06. The number of hydrogen-bond donors (Lipinski definition) is 0. The molecule has 1 heterocycles. The molecule has 0 amide bonds. The van der Waals surface area contributed by atoms with Gasteiger partial charge in [0, 0.05) is 10.0 Å². The Hall–Kier alpha value is -2.07. The Bertz CT molecular complexity index is 779. The first-order valence-corrected chi connectivity index (χ1v) is 7.47. The summed E-state index contributed by atoms with van der Waals surface area (Å²) in [4.78, 5) is 13.1. The molecule has 0 atom stereocenters. The molecule has 3 rings (SSSR count). The van der Waals surface area contributed by atoms with Crippen LogP contribution in [0.5, 0.6) is 0 Å². The number of nitrogens with zero attached hydrogens (tertiary/aromatic N) is 3. The molecule has 0 aliphatic heterocycles. The third-order valence-corrected chi connectivity index (χ3v) is 3.63. The van der Waals surface area contributed by atoms with E-state index in [1.807, 2.05) is 38.1 Å². The van der Waals surface area contributed by atoms with E-state index in [0.717, 1.165) is 38.6 Å². The molecule has 0 N–H and O–H groups in total. The summed E-state index contributed by atoms with van der Waals surface area (Å²) in [5, 5.41) is 0. The van der Waals surface area contributed by atoms with Crippen molar-refractivity contribution >= 4 is 15.9 Å². The smallest absolute Gasteiger partial charge is 0.163 e. The highest BCUT2D eigenvalue weighted by atomic mass is 79.9. The van der Waals surface area contributed by atoms with Gasteiger partial charge in [-0.05, 0) is 43.2 Å². The number of hydrogen-bond acceptors (Lipinski definition) is 3. The Kier molecular flexibility index (Phi) is 3.80. The monoisotopic (exact) mass is 339 g/mol.